The van der Waals surface area contributed by atoms with Gasteiger partial charge in [-0.25, -0.2) is 4.98 Å². The molecule has 0 saturated carbocycles. The van der Waals surface area contributed by atoms with Crippen LogP contribution in [-0.4, -0.2) is 35.0 Å². The van der Waals surface area contributed by atoms with Crippen molar-refractivity contribution in [2.24, 2.45) is 11.7 Å². The number of hydrogen-bond acceptors (Lipinski definition) is 4. The van der Waals surface area contributed by atoms with Crippen LogP contribution in [0.3, 0.4) is 0 Å². The lowest BCUT2D eigenvalue weighted by Gasteiger charge is -2.33. The topological polar surface area (TPSA) is 68.5 Å². The molecule has 0 aromatic carbocycles. The summed E-state index contributed by atoms with van der Waals surface area (Å²) in [4.78, 5) is 17.3. The maximum Gasteiger partial charge on any atom is 0.433 e. The molecule has 1 aliphatic heterocycles. The molecule has 0 spiro atoms. The number of carbonyl (C=O) groups excluding carboxylic acids is 1. The average molecular weight is 345 g/mol. The first-order chi connectivity index (χ1) is 11.2. The molecule has 1 saturated heterocycles. The van der Waals surface area contributed by atoms with E-state index in [1.54, 1.807) is 4.90 Å². The van der Waals surface area contributed by atoms with E-state index in [0.717, 1.165) is 12.5 Å². The van der Waals surface area contributed by atoms with Gasteiger partial charge in [0, 0.05) is 25.1 Å². The van der Waals surface area contributed by atoms with Crippen LogP contribution in [0.5, 0.6) is 5.88 Å². The maximum absolute atomic E-state index is 12.9. The SMILES string of the molecule is CC(C)C(=O)N1CCC[C@H](Oc2cc(CN)cc(C(F)(F)F)n2)C1. The molecule has 1 fully saturated rings. The molecule has 134 valence electrons. The zero-order chi connectivity index (χ0) is 17.9. The molecule has 1 aromatic rings. The second-order valence-corrected chi connectivity index (χ2v) is 6.22. The number of ether oxygens (including phenoxy) is 1. The molecular formula is C16H22F3N3O2. The fourth-order valence-corrected chi connectivity index (χ4v) is 2.65. The molecule has 2 N–H and O–H groups in total. The molecule has 5 nitrogen and oxygen atoms in total. The monoisotopic (exact) mass is 345 g/mol. The van der Waals surface area contributed by atoms with Gasteiger partial charge in [0.05, 0.1) is 6.54 Å². The molecule has 0 unspecified atom stereocenters. The Labute approximate surface area is 139 Å². The zero-order valence-electron chi connectivity index (χ0n) is 13.8. The van der Waals surface area contributed by atoms with E-state index in [-0.39, 0.29) is 30.4 Å². The summed E-state index contributed by atoms with van der Waals surface area (Å²) in [6, 6.07) is 2.33. The highest BCUT2D eigenvalue weighted by molar-refractivity contribution is 5.78. The summed E-state index contributed by atoms with van der Waals surface area (Å²) in [5.41, 5.74) is 4.74. The first-order valence-electron chi connectivity index (χ1n) is 7.94. The van der Waals surface area contributed by atoms with Crippen molar-refractivity contribution >= 4 is 5.91 Å². The fourth-order valence-electron chi connectivity index (χ4n) is 2.65. The minimum absolute atomic E-state index is 0.0166. The number of alkyl halides is 3. The second-order valence-electron chi connectivity index (χ2n) is 6.22. The number of aromatic nitrogens is 1. The number of likely N-dealkylation sites (tertiary alicyclic amines) is 1. The van der Waals surface area contributed by atoms with Crippen LogP contribution in [0.25, 0.3) is 0 Å². The van der Waals surface area contributed by atoms with E-state index >= 15 is 0 Å². The number of amides is 1. The lowest BCUT2D eigenvalue weighted by Crippen LogP contribution is -2.46. The van der Waals surface area contributed by atoms with Gasteiger partial charge in [-0.05, 0) is 24.5 Å². The summed E-state index contributed by atoms with van der Waals surface area (Å²) in [6.45, 7) is 4.59. The van der Waals surface area contributed by atoms with E-state index in [0.29, 0.717) is 25.1 Å². The summed E-state index contributed by atoms with van der Waals surface area (Å²) < 4.78 is 44.4. The van der Waals surface area contributed by atoms with Crippen LogP contribution in [0.4, 0.5) is 13.2 Å². The molecular weight excluding hydrogens is 323 g/mol. The molecule has 0 radical (unpaired) electrons. The number of nitrogens with zero attached hydrogens (tertiary/aromatic N) is 2. The van der Waals surface area contributed by atoms with Crippen molar-refractivity contribution in [3.63, 3.8) is 0 Å². The maximum atomic E-state index is 12.9. The Balaban J connectivity index is 2.14. The molecule has 2 heterocycles. The van der Waals surface area contributed by atoms with Crippen molar-refractivity contribution in [1.29, 1.82) is 0 Å². The molecule has 24 heavy (non-hydrogen) atoms. The van der Waals surface area contributed by atoms with Gasteiger partial charge in [-0.3, -0.25) is 4.79 Å². The smallest absolute Gasteiger partial charge is 0.433 e. The highest BCUT2D eigenvalue weighted by atomic mass is 19.4. The van der Waals surface area contributed by atoms with E-state index in [9.17, 15) is 18.0 Å². The standard InChI is InChI=1S/C16H22F3N3O2/c1-10(2)15(23)22-5-3-4-12(9-22)24-14-7-11(8-20)6-13(21-14)16(17,18)19/h6-7,10,12H,3-5,8-9,20H2,1-2H3/t12-/m0/s1. The first-order valence-corrected chi connectivity index (χ1v) is 7.94. The third-order valence-electron chi connectivity index (χ3n) is 3.86. The zero-order valence-corrected chi connectivity index (χ0v) is 13.8. The third-order valence-corrected chi connectivity index (χ3v) is 3.86. The number of halogens is 3. The number of rotatable bonds is 4. The van der Waals surface area contributed by atoms with Crippen molar-refractivity contribution in [2.45, 2.75) is 45.5 Å². The average Bonchev–Trinajstić information content (AvgIpc) is 2.53. The minimum Gasteiger partial charge on any atom is -0.472 e. The number of nitrogens with two attached hydrogens (primary N) is 1. The highest BCUT2D eigenvalue weighted by Gasteiger charge is 2.34. The van der Waals surface area contributed by atoms with Crippen LogP contribution in [0.15, 0.2) is 12.1 Å². The molecule has 0 aliphatic carbocycles. The predicted molar refractivity (Wildman–Crippen MR) is 82.2 cm³/mol. The van der Waals surface area contributed by atoms with E-state index in [4.69, 9.17) is 10.5 Å². The summed E-state index contributed by atoms with van der Waals surface area (Å²) in [7, 11) is 0. The van der Waals surface area contributed by atoms with Gasteiger partial charge in [0.1, 0.15) is 11.8 Å². The van der Waals surface area contributed by atoms with Crippen LogP contribution in [-0.2, 0) is 17.5 Å². The minimum atomic E-state index is -4.56. The summed E-state index contributed by atoms with van der Waals surface area (Å²) in [5, 5.41) is 0. The number of carbonyl (C=O) groups is 1. The molecule has 8 heteroatoms. The van der Waals surface area contributed by atoms with E-state index < -0.39 is 11.9 Å². The fraction of sp³-hybridized carbons (Fsp3) is 0.625. The Bertz CT molecular complexity index is 590. The van der Waals surface area contributed by atoms with Crippen LogP contribution in [0.2, 0.25) is 0 Å². The van der Waals surface area contributed by atoms with Crippen LogP contribution >= 0.6 is 0 Å². The predicted octanol–water partition coefficient (Wildman–Crippen LogP) is 2.58. The van der Waals surface area contributed by atoms with Gasteiger partial charge in [-0.15, -0.1) is 0 Å². The van der Waals surface area contributed by atoms with Crippen LogP contribution in [0.1, 0.15) is 37.9 Å². The Morgan fingerprint density at radius 1 is 1.46 bits per heavy atom. The Kier molecular flexibility index (Phi) is 5.69. The molecule has 1 aliphatic rings. The van der Waals surface area contributed by atoms with Gasteiger partial charge in [-0.2, -0.15) is 13.2 Å². The van der Waals surface area contributed by atoms with Gasteiger partial charge in [0.15, 0.2) is 0 Å². The van der Waals surface area contributed by atoms with Crippen LogP contribution in [0, 0.1) is 5.92 Å². The van der Waals surface area contributed by atoms with Crippen molar-refractivity contribution in [2.75, 3.05) is 13.1 Å². The summed E-state index contributed by atoms with van der Waals surface area (Å²) in [5.74, 6) is -0.212. The summed E-state index contributed by atoms with van der Waals surface area (Å²) in [6.07, 6.45) is -3.53. The van der Waals surface area contributed by atoms with Crippen molar-refractivity contribution in [3.8, 4) is 5.88 Å². The molecule has 1 atom stereocenters. The van der Waals surface area contributed by atoms with Gasteiger partial charge in [0.2, 0.25) is 11.8 Å². The van der Waals surface area contributed by atoms with E-state index in [1.165, 1.54) is 6.07 Å². The Morgan fingerprint density at radius 3 is 2.75 bits per heavy atom. The second kappa shape index (κ2) is 7.38. The lowest BCUT2D eigenvalue weighted by atomic mass is 10.1. The normalized spacial score (nSPS) is 18.8. The molecule has 1 amide bonds. The quantitative estimate of drug-likeness (QED) is 0.911. The summed E-state index contributed by atoms with van der Waals surface area (Å²) >= 11 is 0. The first kappa shape index (κ1) is 18.5. The lowest BCUT2D eigenvalue weighted by molar-refractivity contribution is -0.141. The van der Waals surface area contributed by atoms with Crippen molar-refractivity contribution in [3.05, 3.63) is 23.4 Å². The van der Waals surface area contributed by atoms with Crippen molar-refractivity contribution in [1.82, 2.24) is 9.88 Å². The Morgan fingerprint density at radius 2 is 2.17 bits per heavy atom. The molecule has 1 aromatic heterocycles. The largest absolute Gasteiger partial charge is 0.472 e. The Hall–Kier alpha value is -1.83. The molecule has 2 rings (SSSR count). The number of hydrogen-bond donors (Lipinski definition) is 1. The van der Waals surface area contributed by atoms with Gasteiger partial charge >= 0.3 is 6.18 Å². The molecule has 0 bridgehead atoms. The third kappa shape index (κ3) is 4.59. The van der Waals surface area contributed by atoms with E-state index in [1.807, 2.05) is 13.8 Å². The van der Waals surface area contributed by atoms with Gasteiger partial charge in [-0.1, -0.05) is 13.8 Å². The van der Waals surface area contributed by atoms with Crippen LogP contribution < -0.4 is 10.5 Å². The highest BCUT2D eigenvalue weighted by Crippen LogP contribution is 2.30. The number of piperidine rings is 1. The van der Waals surface area contributed by atoms with Crippen molar-refractivity contribution < 1.29 is 22.7 Å². The van der Waals surface area contributed by atoms with Gasteiger partial charge < -0.3 is 15.4 Å². The van der Waals surface area contributed by atoms with Gasteiger partial charge in [0.25, 0.3) is 0 Å². The number of pyridine rings is 1. The van der Waals surface area contributed by atoms with E-state index in [2.05, 4.69) is 4.98 Å².